The van der Waals surface area contributed by atoms with E-state index in [1.807, 2.05) is 34.9 Å². The molecule has 3 heterocycles. The van der Waals surface area contributed by atoms with Gasteiger partial charge in [0.05, 0.1) is 22.5 Å². The molecule has 3 aromatic rings. The average molecular weight is 266 g/mol. The fourth-order valence-corrected chi connectivity index (χ4v) is 2.62. The molecule has 0 aliphatic heterocycles. The Balaban J connectivity index is 2.22. The molecule has 0 unspecified atom stereocenters. The molecule has 0 aliphatic carbocycles. The van der Waals surface area contributed by atoms with Crippen LogP contribution in [-0.2, 0) is 0 Å². The molecule has 0 spiro atoms. The molecule has 0 saturated heterocycles. The number of hydrogen-bond donors (Lipinski definition) is 0. The number of halogens is 1. The van der Waals surface area contributed by atoms with E-state index in [4.69, 9.17) is 16.3 Å². The van der Waals surface area contributed by atoms with Crippen molar-refractivity contribution in [1.82, 2.24) is 14.6 Å². The number of aromatic nitrogens is 3. The second-order valence-corrected chi connectivity index (χ2v) is 5.14. The molecule has 0 amide bonds. The van der Waals surface area contributed by atoms with Gasteiger partial charge in [-0.3, -0.25) is 4.40 Å². The smallest absolute Gasteiger partial charge is 0.178 e. The van der Waals surface area contributed by atoms with Gasteiger partial charge in [-0.2, -0.15) is 0 Å². The van der Waals surface area contributed by atoms with Gasteiger partial charge in [0, 0.05) is 0 Å². The Morgan fingerprint density at radius 2 is 2.12 bits per heavy atom. The first-order valence-corrected chi connectivity index (χ1v) is 6.12. The van der Waals surface area contributed by atoms with Crippen LogP contribution in [0, 0.1) is 0 Å². The van der Waals surface area contributed by atoms with Gasteiger partial charge in [0.1, 0.15) is 5.75 Å². The lowest BCUT2D eigenvalue weighted by molar-refractivity contribution is 0.412. The standard InChI is InChI=1S/C11H8ClN3OS/c1-16-7-2-5-10-13-14-11(15(10)6-7)8-3-4-9(12)17-8/h2-6H,1H3. The number of hydrogen-bond acceptors (Lipinski definition) is 4. The van der Waals surface area contributed by atoms with Crippen molar-refractivity contribution in [3.63, 3.8) is 0 Å². The van der Waals surface area contributed by atoms with Crippen LogP contribution in [0.15, 0.2) is 30.5 Å². The minimum Gasteiger partial charge on any atom is -0.495 e. The molecule has 0 N–H and O–H groups in total. The molecule has 0 atom stereocenters. The summed E-state index contributed by atoms with van der Waals surface area (Å²) >= 11 is 7.40. The van der Waals surface area contributed by atoms with E-state index in [-0.39, 0.29) is 0 Å². The van der Waals surface area contributed by atoms with E-state index in [1.54, 1.807) is 7.11 Å². The fourth-order valence-electron chi connectivity index (χ4n) is 1.59. The third kappa shape index (κ3) is 1.77. The van der Waals surface area contributed by atoms with Crippen molar-refractivity contribution in [2.45, 2.75) is 0 Å². The molecule has 0 bridgehead atoms. The first-order valence-electron chi connectivity index (χ1n) is 4.92. The van der Waals surface area contributed by atoms with Gasteiger partial charge in [0.2, 0.25) is 0 Å². The Labute approximate surface area is 106 Å². The molecule has 0 aliphatic rings. The Kier molecular flexibility index (Phi) is 2.49. The SMILES string of the molecule is COc1ccc2nnc(-c3ccc(Cl)s3)n2c1. The van der Waals surface area contributed by atoms with Crippen molar-refractivity contribution in [3.05, 3.63) is 34.8 Å². The van der Waals surface area contributed by atoms with Gasteiger partial charge < -0.3 is 4.74 Å². The van der Waals surface area contributed by atoms with Crippen molar-refractivity contribution < 1.29 is 4.74 Å². The van der Waals surface area contributed by atoms with E-state index in [1.165, 1.54) is 11.3 Å². The van der Waals surface area contributed by atoms with Crippen LogP contribution in [0.2, 0.25) is 4.34 Å². The summed E-state index contributed by atoms with van der Waals surface area (Å²) in [5.74, 6) is 1.54. The zero-order valence-corrected chi connectivity index (χ0v) is 10.5. The molecule has 0 fully saturated rings. The van der Waals surface area contributed by atoms with E-state index in [2.05, 4.69) is 10.2 Å². The third-order valence-electron chi connectivity index (χ3n) is 2.40. The lowest BCUT2D eigenvalue weighted by Crippen LogP contribution is -1.90. The number of thiophene rings is 1. The van der Waals surface area contributed by atoms with Gasteiger partial charge >= 0.3 is 0 Å². The van der Waals surface area contributed by atoms with Crippen molar-refractivity contribution in [2.75, 3.05) is 7.11 Å². The highest BCUT2D eigenvalue weighted by Crippen LogP contribution is 2.30. The van der Waals surface area contributed by atoms with Crippen molar-refractivity contribution in [2.24, 2.45) is 0 Å². The maximum atomic E-state index is 5.92. The predicted molar refractivity (Wildman–Crippen MR) is 67.9 cm³/mol. The normalized spacial score (nSPS) is 10.9. The molecule has 6 heteroatoms. The van der Waals surface area contributed by atoms with Crippen LogP contribution in [0.3, 0.4) is 0 Å². The summed E-state index contributed by atoms with van der Waals surface area (Å²) in [7, 11) is 1.63. The lowest BCUT2D eigenvalue weighted by atomic mass is 10.4. The maximum Gasteiger partial charge on any atom is 0.178 e. The largest absolute Gasteiger partial charge is 0.495 e. The van der Waals surface area contributed by atoms with E-state index >= 15 is 0 Å². The second kappa shape index (κ2) is 4.01. The summed E-state index contributed by atoms with van der Waals surface area (Å²) < 4.78 is 7.81. The molecule has 4 nitrogen and oxygen atoms in total. The molecule has 0 aromatic carbocycles. The molecule has 86 valence electrons. The average Bonchev–Trinajstić information content (AvgIpc) is 2.93. The minimum absolute atomic E-state index is 0.736. The van der Waals surface area contributed by atoms with Crippen molar-refractivity contribution >= 4 is 28.6 Å². The zero-order valence-electron chi connectivity index (χ0n) is 8.92. The van der Waals surface area contributed by atoms with E-state index in [0.717, 1.165) is 26.4 Å². The number of ether oxygens (including phenoxy) is 1. The Hall–Kier alpha value is -1.59. The number of pyridine rings is 1. The van der Waals surface area contributed by atoms with Crippen LogP contribution in [-0.4, -0.2) is 21.7 Å². The number of nitrogens with zero attached hydrogens (tertiary/aromatic N) is 3. The van der Waals surface area contributed by atoms with Crippen LogP contribution < -0.4 is 4.74 Å². The van der Waals surface area contributed by atoms with Gasteiger partial charge in [-0.25, -0.2) is 0 Å². The van der Waals surface area contributed by atoms with Gasteiger partial charge in [-0.05, 0) is 24.3 Å². The number of fused-ring (bicyclic) bond motifs is 1. The Morgan fingerprint density at radius 1 is 1.24 bits per heavy atom. The Bertz CT molecular complexity index is 676. The Morgan fingerprint density at radius 3 is 2.82 bits per heavy atom. The van der Waals surface area contributed by atoms with Crippen LogP contribution in [0.5, 0.6) is 5.75 Å². The summed E-state index contributed by atoms with van der Waals surface area (Å²) in [5, 5.41) is 8.26. The topological polar surface area (TPSA) is 39.4 Å². The van der Waals surface area contributed by atoms with Crippen molar-refractivity contribution in [3.8, 4) is 16.5 Å². The first kappa shape index (κ1) is 10.6. The monoisotopic (exact) mass is 265 g/mol. The highest BCUT2D eigenvalue weighted by atomic mass is 35.5. The molecule has 3 aromatic heterocycles. The first-order chi connectivity index (χ1) is 8.28. The van der Waals surface area contributed by atoms with Gasteiger partial charge in [0.15, 0.2) is 11.5 Å². The summed E-state index contributed by atoms with van der Waals surface area (Å²) in [6, 6.07) is 7.51. The van der Waals surface area contributed by atoms with Crippen LogP contribution >= 0.6 is 22.9 Å². The maximum absolute atomic E-state index is 5.92. The summed E-state index contributed by atoms with van der Waals surface area (Å²) in [6.45, 7) is 0. The predicted octanol–water partition coefficient (Wildman–Crippen LogP) is 3.12. The lowest BCUT2D eigenvalue weighted by Gasteiger charge is -2.01. The minimum atomic E-state index is 0.736. The quantitative estimate of drug-likeness (QED) is 0.715. The summed E-state index contributed by atoms with van der Waals surface area (Å²) in [4.78, 5) is 0.982. The number of rotatable bonds is 2. The van der Waals surface area contributed by atoms with E-state index in [9.17, 15) is 0 Å². The summed E-state index contributed by atoms with van der Waals surface area (Å²) in [6.07, 6.45) is 1.86. The van der Waals surface area contributed by atoms with Gasteiger partial charge in [-0.1, -0.05) is 11.6 Å². The van der Waals surface area contributed by atoms with Gasteiger partial charge in [0.25, 0.3) is 0 Å². The van der Waals surface area contributed by atoms with Crippen LogP contribution in [0.4, 0.5) is 0 Å². The third-order valence-corrected chi connectivity index (χ3v) is 3.63. The second-order valence-electron chi connectivity index (χ2n) is 3.42. The highest BCUT2D eigenvalue weighted by Gasteiger charge is 2.10. The van der Waals surface area contributed by atoms with Crippen LogP contribution in [0.25, 0.3) is 16.3 Å². The molecule has 0 saturated carbocycles. The summed E-state index contributed by atoms with van der Waals surface area (Å²) in [5.41, 5.74) is 0.783. The molecule has 3 rings (SSSR count). The van der Waals surface area contributed by atoms with Gasteiger partial charge in [-0.15, -0.1) is 21.5 Å². The van der Waals surface area contributed by atoms with Crippen LogP contribution in [0.1, 0.15) is 0 Å². The molecular formula is C11H8ClN3OS. The molecular weight excluding hydrogens is 258 g/mol. The molecule has 0 radical (unpaired) electrons. The fraction of sp³-hybridized carbons (Fsp3) is 0.0909. The van der Waals surface area contributed by atoms with E-state index < -0.39 is 0 Å². The van der Waals surface area contributed by atoms with E-state index in [0.29, 0.717) is 0 Å². The van der Waals surface area contributed by atoms with Crippen molar-refractivity contribution in [1.29, 1.82) is 0 Å². The number of methoxy groups -OCH3 is 1. The zero-order chi connectivity index (χ0) is 11.8. The molecule has 17 heavy (non-hydrogen) atoms. The highest BCUT2D eigenvalue weighted by molar-refractivity contribution is 7.19.